The molecule has 1 heterocycles. The first-order chi connectivity index (χ1) is 12.0. The van der Waals surface area contributed by atoms with Gasteiger partial charge in [0, 0.05) is 16.1 Å². The summed E-state index contributed by atoms with van der Waals surface area (Å²) in [5.74, 6) is -1.87. The maximum Gasteiger partial charge on any atom is 0.206 e. The van der Waals surface area contributed by atoms with E-state index in [1.54, 1.807) is 36.4 Å². The Balaban J connectivity index is 1.90. The van der Waals surface area contributed by atoms with E-state index in [9.17, 15) is 19.8 Å². The number of halogens is 1. The summed E-state index contributed by atoms with van der Waals surface area (Å²) in [5, 5.41) is 21.5. The number of hydrogen-bond acceptors (Lipinski definition) is 4. The molecule has 0 saturated heterocycles. The summed E-state index contributed by atoms with van der Waals surface area (Å²) in [6.07, 6.45) is 0. The molecule has 0 aliphatic heterocycles. The molecule has 0 fully saturated rings. The van der Waals surface area contributed by atoms with Crippen molar-refractivity contribution in [3.05, 3.63) is 81.4 Å². The molecule has 4 rings (SSSR count). The van der Waals surface area contributed by atoms with Gasteiger partial charge in [0.05, 0.1) is 17.7 Å². The maximum absolute atomic E-state index is 12.7. The van der Waals surface area contributed by atoms with Crippen LogP contribution in [0.15, 0.2) is 48.5 Å². The second-order valence-corrected chi connectivity index (χ2v) is 6.19. The molecule has 2 aromatic carbocycles. The van der Waals surface area contributed by atoms with E-state index in [4.69, 9.17) is 11.6 Å². The molecular formula is C19H12ClNO4. The van der Waals surface area contributed by atoms with Crippen LogP contribution in [0, 0.1) is 0 Å². The third kappa shape index (κ3) is 2.16. The van der Waals surface area contributed by atoms with Crippen LogP contribution in [-0.4, -0.2) is 26.3 Å². The molecule has 0 radical (unpaired) electrons. The van der Waals surface area contributed by atoms with Gasteiger partial charge < -0.3 is 10.2 Å². The fourth-order valence-corrected chi connectivity index (χ4v) is 3.31. The van der Waals surface area contributed by atoms with E-state index in [0.29, 0.717) is 10.6 Å². The van der Waals surface area contributed by atoms with Crippen LogP contribution in [0.4, 0.5) is 0 Å². The molecular weight excluding hydrogens is 342 g/mol. The molecule has 0 spiro atoms. The maximum atomic E-state index is 12.7. The van der Waals surface area contributed by atoms with Crippen LogP contribution in [-0.2, 0) is 6.54 Å². The first-order valence-electron chi connectivity index (χ1n) is 7.57. The number of carbonyl (C=O) groups excluding carboxylic acids is 2. The Bertz CT molecular complexity index is 993. The van der Waals surface area contributed by atoms with Crippen molar-refractivity contribution in [2.45, 2.75) is 6.54 Å². The van der Waals surface area contributed by atoms with Crippen LogP contribution in [0.3, 0.4) is 0 Å². The van der Waals surface area contributed by atoms with Crippen molar-refractivity contribution in [2.24, 2.45) is 0 Å². The Hall–Kier alpha value is -3.05. The molecule has 25 heavy (non-hydrogen) atoms. The van der Waals surface area contributed by atoms with Crippen LogP contribution in [0.5, 0.6) is 11.8 Å². The summed E-state index contributed by atoms with van der Waals surface area (Å²) < 4.78 is 1.12. The van der Waals surface area contributed by atoms with Gasteiger partial charge in [-0.25, -0.2) is 0 Å². The van der Waals surface area contributed by atoms with E-state index in [1.165, 1.54) is 12.1 Å². The van der Waals surface area contributed by atoms with E-state index in [2.05, 4.69) is 0 Å². The minimum Gasteiger partial charge on any atom is -0.494 e. The van der Waals surface area contributed by atoms with Crippen LogP contribution < -0.4 is 0 Å². The zero-order chi connectivity index (χ0) is 17.7. The van der Waals surface area contributed by atoms with Gasteiger partial charge >= 0.3 is 0 Å². The summed E-state index contributed by atoms with van der Waals surface area (Å²) in [7, 11) is 0. The molecule has 3 aromatic rings. The van der Waals surface area contributed by atoms with Gasteiger partial charge in [-0.3, -0.25) is 14.2 Å². The largest absolute Gasteiger partial charge is 0.494 e. The lowest BCUT2D eigenvalue weighted by atomic mass is 9.86. The van der Waals surface area contributed by atoms with Gasteiger partial charge in [-0.2, -0.15) is 0 Å². The van der Waals surface area contributed by atoms with Crippen molar-refractivity contribution in [1.82, 2.24) is 4.57 Å². The molecule has 1 aromatic heterocycles. The van der Waals surface area contributed by atoms with Crippen LogP contribution >= 0.6 is 11.6 Å². The van der Waals surface area contributed by atoms with Crippen molar-refractivity contribution in [3.63, 3.8) is 0 Å². The predicted molar refractivity (Wildman–Crippen MR) is 91.6 cm³/mol. The Kier molecular flexibility index (Phi) is 3.40. The molecule has 0 amide bonds. The summed E-state index contributed by atoms with van der Waals surface area (Å²) in [4.78, 5) is 25.4. The first-order valence-corrected chi connectivity index (χ1v) is 7.94. The normalized spacial score (nSPS) is 12.8. The standard InChI is InChI=1S/C19H12ClNO4/c20-13-8-4-1-5-10(13)9-21-18(24)14-15(19(21)25)17(23)12-7-3-2-6-11(12)16(14)22/h1-8,24-25H,9H2. The Morgan fingerprint density at radius 1 is 0.800 bits per heavy atom. The summed E-state index contributed by atoms with van der Waals surface area (Å²) in [6.45, 7) is 0.0290. The van der Waals surface area contributed by atoms with Crippen molar-refractivity contribution in [2.75, 3.05) is 0 Å². The zero-order valence-corrected chi connectivity index (χ0v) is 13.6. The van der Waals surface area contributed by atoms with Gasteiger partial charge in [0.15, 0.2) is 11.6 Å². The lowest BCUT2D eigenvalue weighted by Gasteiger charge is -2.13. The van der Waals surface area contributed by atoms with Crippen LogP contribution in [0.2, 0.25) is 5.02 Å². The first kappa shape index (κ1) is 15.5. The lowest BCUT2D eigenvalue weighted by molar-refractivity contribution is 0.0976. The van der Waals surface area contributed by atoms with Crippen LogP contribution in [0.1, 0.15) is 37.4 Å². The Morgan fingerprint density at radius 3 is 1.80 bits per heavy atom. The quantitative estimate of drug-likeness (QED) is 0.579. The average Bonchev–Trinajstić information content (AvgIpc) is 2.86. The van der Waals surface area contributed by atoms with E-state index in [1.807, 2.05) is 0 Å². The van der Waals surface area contributed by atoms with Crippen molar-refractivity contribution in [1.29, 1.82) is 0 Å². The molecule has 2 N–H and O–H groups in total. The van der Waals surface area contributed by atoms with Gasteiger partial charge in [-0.05, 0) is 11.6 Å². The number of nitrogens with zero attached hydrogens (tertiary/aromatic N) is 1. The number of aromatic nitrogens is 1. The Morgan fingerprint density at radius 2 is 1.28 bits per heavy atom. The molecule has 0 unspecified atom stereocenters. The Labute approximate surface area is 147 Å². The summed E-state index contributed by atoms with van der Waals surface area (Å²) >= 11 is 6.13. The van der Waals surface area contributed by atoms with E-state index < -0.39 is 23.3 Å². The number of carbonyl (C=O) groups is 2. The monoisotopic (exact) mass is 353 g/mol. The van der Waals surface area contributed by atoms with Gasteiger partial charge in [-0.15, -0.1) is 0 Å². The van der Waals surface area contributed by atoms with Gasteiger partial charge in [-0.1, -0.05) is 54.1 Å². The highest BCUT2D eigenvalue weighted by Gasteiger charge is 2.38. The van der Waals surface area contributed by atoms with Crippen molar-refractivity contribution in [3.8, 4) is 11.8 Å². The minimum absolute atomic E-state index is 0.0290. The molecule has 0 saturated carbocycles. The second-order valence-electron chi connectivity index (χ2n) is 5.78. The molecule has 0 atom stereocenters. The topological polar surface area (TPSA) is 79.5 Å². The number of hydrogen-bond donors (Lipinski definition) is 2. The number of benzene rings is 2. The SMILES string of the molecule is O=C1c2ccccc2C(=O)c2c1c(O)n(Cc1ccccc1Cl)c2O. The smallest absolute Gasteiger partial charge is 0.206 e. The molecule has 6 heteroatoms. The fourth-order valence-electron chi connectivity index (χ4n) is 3.12. The summed E-state index contributed by atoms with van der Waals surface area (Å²) in [6, 6.07) is 13.3. The highest BCUT2D eigenvalue weighted by Crippen LogP contribution is 2.41. The number of aromatic hydroxyl groups is 2. The fraction of sp³-hybridized carbons (Fsp3) is 0.0526. The number of fused-ring (bicyclic) bond motifs is 2. The zero-order valence-electron chi connectivity index (χ0n) is 12.9. The number of ketones is 2. The molecule has 124 valence electrons. The molecule has 0 bridgehead atoms. The molecule has 1 aliphatic carbocycles. The van der Waals surface area contributed by atoms with Gasteiger partial charge in [0.2, 0.25) is 11.8 Å². The van der Waals surface area contributed by atoms with E-state index in [-0.39, 0.29) is 28.8 Å². The second kappa shape index (κ2) is 5.50. The van der Waals surface area contributed by atoms with Gasteiger partial charge in [0.1, 0.15) is 0 Å². The third-order valence-corrected chi connectivity index (χ3v) is 4.73. The average molecular weight is 354 g/mol. The van der Waals surface area contributed by atoms with Crippen LogP contribution in [0.25, 0.3) is 0 Å². The van der Waals surface area contributed by atoms with Crippen molar-refractivity contribution < 1.29 is 19.8 Å². The van der Waals surface area contributed by atoms with Gasteiger partial charge in [0.25, 0.3) is 0 Å². The highest BCUT2D eigenvalue weighted by atomic mass is 35.5. The summed E-state index contributed by atoms with van der Waals surface area (Å²) in [5.41, 5.74) is 0.719. The molecule has 1 aliphatic rings. The highest BCUT2D eigenvalue weighted by molar-refractivity contribution is 6.31. The van der Waals surface area contributed by atoms with E-state index >= 15 is 0 Å². The lowest BCUT2D eigenvalue weighted by Crippen LogP contribution is -2.19. The number of rotatable bonds is 2. The van der Waals surface area contributed by atoms with Crippen molar-refractivity contribution >= 4 is 23.2 Å². The predicted octanol–water partition coefficient (Wildman–Crippen LogP) is 3.38. The molecule has 5 nitrogen and oxygen atoms in total. The third-order valence-electron chi connectivity index (χ3n) is 4.37. The minimum atomic E-state index is -0.490. The van der Waals surface area contributed by atoms with E-state index in [0.717, 1.165) is 4.57 Å².